The van der Waals surface area contributed by atoms with Gasteiger partial charge in [-0.05, 0) is 29.8 Å². The van der Waals surface area contributed by atoms with Crippen LogP contribution < -0.4 is 10.6 Å². The maximum atomic E-state index is 5.83. The third kappa shape index (κ3) is 4.25. The van der Waals surface area contributed by atoms with Crippen LogP contribution in [0.1, 0.15) is 5.56 Å². The van der Waals surface area contributed by atoms with Gasteiger partial charge in [0.15, 0.2) is 0 Å². The molecule has 1 fully saturated rings. The molecule has 0 atom stereocenters. The van der Waals surface area contributed by atoms with Crippen molar-refractivity contribution in [2.24, 2.45) is 0 Å². The summed E-state index contributed by atoms with van der Waals surface area (Å²) in [5.41, 5.74) is 4.70. The first-order valence-electron chi connectivity index (χ1n) is 9.86. The van der Waals surface area contributed by atoms with Gasteiger partial charge in [0.05, 0.1) is 29.1 Å². The van der Waals surface area contributed by atoms with Crippen LogP contribution in [-0.4, -0.2) is 56.0 Å². The molecule has 0 saturated carbocycles. The molecule has 5 rings (SSSR count). The second-order valence-corrected chi connectivity index (χ2v) is 7.63. The Morgan fingerprint density at radius 2 is 1.93 bits per heavy atom. The second-order valence-electron chi connectivity index (χ2n) is 7.24. The minimum Gasteiger partial charge on any atom is -0.324 e. The van der Waals surface area contributed by atoms with Crippen molar-refractivity contribution in [3.8, 4) is 11.3 Å². The first-order chi connectivity index (χ1) is 14.7. The number of anilines is 2. The Hall–Kier alpha value is -3.07. The molecule has 4 aromatic rings. The van der Waals surface area contributed by atoms with Crippen molar-refractivity contribution in [2.45, 2.75) is 6.54 Å². The number of piperazine rings is 1. The van der Waals surface area contributed by atoms with E-state index in [4.69, 9.17) is 11.6 Å². The van der Waals surface area contributed by atoms with E-state index in [1.165, 1.54) is 5.56 Å². The molecule has 4 heterocycles. The Bertz CT molecular complexity index is 1150. The summed E-state index contributed by atoms with van der Waals surface area (Å²) in [6.45, 7) is 5.13. The summed E-state index contributed by atoms with van der Waals surface area (Å²) >= 11 is 5.83. The monoisotopic (exact) mass is 420 g/mol. The topological polar surface area (TPSA) is 94.6 Å². The molecule has 152 valence electrons. The number of nitrogens with one attached hydrogen (secondary N) is 3. The van der Waals surface area contributed by atoms with Gasteiger partial charge < -0.3 is 15.6 Å². The summed E-state index contributed by atoms with van der Waals surface area (Å²) < 4.78 is 0. The number of rotatable bonds is 5. The van der Waals surface area contributed by atoms with Crippen LogP contribution in [-0.2, 0) is 6.54 Å². The Morgan fingerprint density at radius 3 is 2.77 bits per heavy atom. The van der Waals surface area contributed by atoms with Crippen molar-refractivity contribution in [3.63, 3.8) is 0 Å². The summed E-state index contributed by atoms with van der Waals surface area (Å²) in [6.07, 6.45) is 5.03. The van der Waals surface area contributed by atoms with Gasteiger partial charge in [0, 0.05) is 44.5 Å². The van der Waals surface area contributed by atoms with Gasteiger partial charge in [-0.15, -0.1) is 0 Å². The van der Waals surface area contributed by atoms with E-state index in [2.05, 4.69) is 52.6 Å². The number of H-pyrrole nitrogens is 1. The van der Waals surface area contributed by atoms with Crippen LogP contribution >= 0.6 is 11.6 Å². The SMILES string of the molecule is Clc1cnc(-c2ccc3nc(Nc4cc(CN5CCNCC5)ccn4)[nH]c3c2)cn1. The van der Waals surface area contributed by atoms with Crippen molar-refractivity contribution in [1.29, 1.82) is 0 Å². The normalized spacial score (nSPS) is 14.8. The van der Waals surface area contributed by atoms with E-state index in [-0.39, 0.29) is 0 Å². The Balaban J connectivity index is 1.34. The molecule has 0 radical (unpaired) electrons. The van der Waals surface area contributed by atoms with E-state index in [1.54, 1.807) is 12.4 Å². The molecule has 9 heteroatoms. The van der Waals surface area contributed by atoms with Gasteiger partial charge >= 0.3 is 0 Å². The lowest BCUT2D eigenvalue weighted by Gasteiger charge is -2.27. The molecule has 3 N–H and O–H groups in total. The van der Waals surface area contributed by atoms with E-state index in [0.717, 1.165) is 60.8 Å². The smallest absolute Gasteiger partial charge is 0.206 e. The molecule has 1 saturated heterocycles. The molecule has 0 bridgehead atoms. The molecule has 1 aliphatic rings. The number of aromatic nitrogens is 5. The van der Waals surface area contributed by atoms with Gasteiger partial charge in [-0.1, -0.05) is 17.7 Å². The largest absolute Gasteiger partial charge is 0.324 e. The Labute approximate surface area is 178 Å². The summed E-state index contributed by atoms with van der Waals surface area (Å²) in [5, 5.41) is 7.04. The summed E-state index contributed by atoms with van der Waals surface area (Å²) in [6, 6.07) is 10.1. The summed E-state index contributed by atoms with van der Waals surface area (Å²) in [4.78, 5) is 23.2. The molecule has 8 nitrogen and oxygen atoms in total. The third-order valence-electron chi connectivity index (χ3n) is 5.08. The zero-order valence-corrected chi connectivity index (χ0v) is 17.0. The minimum absolute atomic E-state index is 0.375. The number of halogens is 1. The zero-order valence-electron chi connectivity index (χ0n) is 16.3. The Kier molecular flexibility index (Phi) is 5.27. The van der Waals surface area contributed by atoms with Crippen LogP contribution in [0.15, 0.2) is 48.9 Å². The first kappa shape index (κ1) is 18.9. The van der Waals surface area contributed by atoms with Crippen molar-refractivity contribution >= 4 is 34.4 Å². The lowest BCUT2D eigenvalue weighted by Crippen LogP contribution is -2.42. The molecule has 1 aromatic carbocycles. The molecular formula is C21H21ClN8. The quantitative estimate of drug-likeness (QED) is 0.456. The van der Waals surface area contributed by atoms with Crippen LogP contribution in [0.4, 0.5) is 11.8 Å². The molecule has 0 spiro atoms. The number of nitrogens with zero attached hydrogens (tertiary/aromatic N) is 5. The molecular weight excluding hydrogens is 400 g/mol. The standard InChI is InChI=1S/C21H21ClN8/c22-19-12-25-18(11-26-19)15-1-2-16-17(10-15)28-21(27-16)29-20-9-14(3-4-24-20)13-30-7-5-23-6-8-30/h1-4,9-12,23H,5-8,13H2,(H2,24,27,28,29). The highest BCUT2D eigenvalue weighted by molar-refractivity contribution is 6.29. The number of hydrogen-bond acceptors (Lipinski definition) is 7. The van der Waals surface area contributed by atoms with Crippen LogP contribution in [0.2, 0.25) is 5.15 Å². The molecule has 30 heavy (non-hydrogen) atoms. The number of hydrogen-bond donors (Lipinski definition) is 3. The fourth-order valence-electron chi connectivity index (χ4n) is 3.58. The highest BCUT2D eigenvalue weighted by Crippen LogP contribution is 2.24. The van der Waals surface area contributed by atoms with Gasteiger partial charge in [0.25, 0.3) is 0 Å². The van der Waals surface area contributed by atoms with Gasteiger partial charge in [-0.25, -0.2) is 15.0 Å². The highest BCUT2D eigenvalue weighted by Gasteiger charge is 2.11. The van der Waals surface area contributed by atoms with Crippen molar-refractivity contribution in [2.75, 3.05) is 31.5 Å². The van der Waals surface area contributed by atoms with E-state index >= 15 is 0 Å². The third-order valence-corrected chi connectivity index (χ3v) is 5.28. The van der Waals surface area contributed by atoms with Crippen LogP contribution in [0.5, 0.6) is 0 Å². The van der Waals surface area contributed by atoms with Crippen molar-refractivity contribution in [3.05, 3.63) is 59.6 Å². The average molecular weight is 421 g/mol. The van der Waals surface area contributed by atoms with E-state index < -0.39 is 0 Å². The van der Waals surface area contributed by atoms with E-state index in [9.17, 15) is 0 Å². The minimum atomic E-state index is 0.375. The van der Waals surface area contributed by atoms with Crippen LogP contribution in [0, 0.1) is 0 Å². The lowest BCUT2D eigenvalue weighted by molar-refractivity contribution is 0.233. The van der Waals surface area contributed by atoms with Gasteiger partial charge in [-0.3, -0.25) is 9.88 Å². The van der Waals surface area contributed by atoms with Crippen LogP contribution in [0.3, 0.4) is 0 Å². The highest BCUT2D eigenvalue weighted by atomic mass is 35.5. The Morgan fingerprint density at radius 1 is 1.03 bits per heavy atom. The zero-order chi connectivity index (χ0) is 20.3. The van der Waals surface area contributed by atoms with Gasteiger partial charge in [0.1, 0.15) is 11.0 Å². The predicted molar refractivity (Wildman–Crippen MR) is 118 cm³/mol. The second kappa shape index (κ2) is 8.35. The van der Waals surface area contributed by atoms with E-state index in [0.29, 0.717) is 11.1 Å². The maximum Gasteiger partial charge on any atom is 0.206 e. The number of benzene rings is 1. The number of fused-ring (bicyclic) bond motifs is 1. The predicted octanol–water partition coefficient (Wildman–Crippen LogP) is 3.22. The fourth-order valence-corrected chi connectivity index (χ4v) is 3.68. The first-order valence-corrected chi connectivity index (χ1v) is 10.2. The van der Waals surface area contributed by atoms with Crippen molar-refractivity contribution in [1.82, 2.24) is 35.1 Å². The van der Waals surface area contributed by atoms with Crippen LogP contribution in [0.25, 0.3) is 22.3 Å². The molecule has 0 amide bonds. The summed E-state index contributed by atoms with van der Waals surface area (Å²) in [5.74, 6) is 1.42. The number of aromatic amines is 1. The van der Waals surface area contributed by atoms with E-state index in [1.807, 2.05) is 24.4 Å². The lowest BCUT2D eigenvalue weighted by atomic mass is 10.1. The maximum absolute atomic E-state index is 5.83. The molecule has 3 aromatic heterocycles. The molecule has 0 aliphatic carbocycles. The number of imidazole rings is 1. The van der Waals surface area contributed by atoms with Crippen molar-refractivity contribution < 1.29 is 0 Å². The average Bonchev–Trinajstić information content (AvgIpc) is 3.16. The fraction of sp³-hybridized carbons (Fsp3) is 0.238. The number of pyridine rings is 1. The summed E-state index contributed by atoms with van der Waals surface area (Å²) in [7, 11) is 0. The molecule has 0 unspecified atom stereocenters. The van der Waals surface area contributed by atoms with Gasteiger partial charge in [-0.2, -0.15) is 0 Å². The van der Waals surface area contributed by atoms with Gasteiger partial charge in [0.2, 0.25) is 5.95 Å². The molecule has 1 aliphatic heterocycles.